The van der Waals surface area contributed by atoms with Crippen molar-refractivity contribution in [2.24, 2.45) is 0 Å². The molecule has 0 aromatic carbocycles. The van der Waals surface area contributed by atoms with Crippen LogP contribution in [0.5, 0.6) is 0 Å². The standard InChI is InChI=1S/C16H30O2.C7H10O2/c1-4-5-6-7-8-9-10-11-12-13-14-18-16(17)15(2)3;1-4-5-9-7(8)6(2)3/h2,4-14H2,1,3H3;4H,1-2,5H2,3H3. The van der Waals surface area contributed by atoms with E-state index >= 15 is 0 Å². The molecule has 0 unspecified atom stereocenters. The van der Waals surface area contributed by atoms with E-state index in [1.54, 1.807) is 13.8 Å². The number of esters is 2. The fourth-order valence-electron chi connectivity index (χ4n) is 2.14. The van der Waals surface area contributed by atoms with Crippen molar-refractivity contribution in [2.45, 2.75) is 85.0 Å². The fourth-order valence-corrected chi connectivity index (χ4v) is 2.14. The zero-order chi connectivity index (χ0) is 20.9. The van der Waals surface area contributed by atoms with Crippen molar-refractivity contribution in [1.82, 2.24) is 0 Å². The van der Waals surface area contributed by atoms with Gasteiger partial charge in [0.1, 0.15) is 6.61 Å². The average Bonchev–Trinajstić information content (AvgIpc) is 2.64. The molecule has 0 saturated heterocycles. The second-order valence-corrected chi connectivity index (χ2v) is 6.77. The molecule has 0 aromatic rings. The minimum Gasteiger partial charge on any atom is -0.462 e. The molecule has 0 spiro atoms. The van der Waals surface area contributed by atoms with Gasteiger partial charge in [0.25, 0.3) is 0 Å². The second kappa shape index (κ2) is 20.5. The first-order valence-electron chi connectivity index (χ1n) is 10.1. The SMILES string of the molecule is C=C(C)C(=O)OCCCCCCCCCCCC.C=CCOC(=O)C(=C)C. The number of hydrogen-bond donors (Lipinski definition) is 0. The third-order valence-electron chi connectivity index (χ3n) is 3.76. The summed E-state index contributed by atoms with van der Waals surface area (Å²) in [6, 6.07) is 0. The predicted molar refractivity (Wildman–Crippen MR) is 114 cm³/mol. The molecule has 0 amide bonds. The van der Waals surface area contributed by atoms with E-state index in [4.69, 9.17) is 4.74 Å². The van der Waals surface area contributed by atoms with E-state index in [9.17, 15) is 9.59 Å². The minimum absolute atomic E-state index is 0.256. The number of carbonyl (C=O) groups is 2. The molecule has 0 radical (unpaired) electrons. The van der Waals surface area contributed by atoms with E-state index in [-0.39, 0.29) is 18.5 Å². The molecule has 0 aliphatic carbocycles. The molecule has 0 heterocycles. The van der Waals surface area contributed by atoms with Crippen molar-refractivity contribution in [3.63, 3.8) is 0 Å². The lowest BCUT2D eigenvalue weighted by Crippen LogP contribution is -2.05. The lowest BCUT2D eigenvalue weighted by molar-refractivity contribution is -0.139. The van der Waals surface area contributed by atoms with Gasteiger partial charge < -0.3 is 9.47 Å². The zero-order valence-electron chi connectivity index (χ0n) is 17.8. The van der Waals surface area contributed by atoms with Gasteiger partial charge >= 0.3 is 11.9 Å². The van der Waals surface area contributed by atoms with Crippen LogP contribution in [0.3, 0.4) is 0 Å². The largest absolute Gasteiger partial charge is 0.462 e. The number of carbonyl (C=O) groups excluding carboxylic acids is 2. The molecule has 0 fully saturated rings. The highest BCUT2D eigenvalue weighted by molar-refractivity contribution is 5.87. The highest BCUT2D eigenvalue weighted by atomic mass is 16.5. The number of rotatable bonds is 15. The molecule has 4 nitrogen and oxygen atoms in total. The van der Waals surface area contributed by atoms with Gasteiger partial charge in [-0.05, 0) is 20.3 Å². The number of hydrogen-bond acceptors (Lipinski definition) is 4. The first kappa shape index (κ1) is 27.4. The summed E-state index contributed by atoms with van der Waals surface area (Å²) < 4.78 is 9.63. The molecular weight excluding hydrogens is 340 g/mol. The summed E-state index contributed by atoms with van der Waals surface area (Å²) in [5, 5.41) is 0. The molecule has 0 rings (SSSR count). The highest BCUT2D eigenvalue weighted by Gasteiger charge is 2.01. The zero-order valence-corrected chi connectivity index (χ0v) is 17.8. The average molecular weight is 381 g/mol. The Morgan fingerprint density at radius 3 is 1.56 bits per heavy atom. The van der Waals surface area contributed by atoms with Crippen LogP contribution < -0.4 is 0 Å². The molecule has 0 aliphatic rings. The smallest absolute Gasteiger partial charge is 0.333 e. The van der Waals surface area contributed by atoms with Gasteiger partial charge in [-0.1, -0.05) is 90.5 Å². The van der Waals surface area contributed by atoms with Crippen molar-refractivity contribution < 1.29 is 19.1 Å². The Morgan fingerprint density at radius 2 is 1.15 bits per heavy atom. The van der Waals surface area contributed by atoms with E-state index in [2.05, 4.69) is 31.4 Å². The quantitative estimate of drug-likeness (QED) is 0.144. The molecule has 0 aliphatic heterocycles. The van der Waals surface area contributed by atoms with Gasteiger partial charge in [-0.15, -0.1) is 0 Å². The van der Waals surface area contributed by atoms with Crippen LogP contribution in [0.2, 0.25) is 0 Å². The monoisotopic (exact) mass is 380 g/mol. The summed E-state index contributed by atoms with van der Waals surface area (Å²) in [5.74, 6) is -0.624. The molecule has 4 heteroatoms. The Bertz CT molecular complexity index is 438. The van der Waals surface area contributed by atoms with Crippen molar-refractivity contribution in [3.05, 3.63) is 37.0 Å². The van der Waals surface area contributed by atoms with Crippen molar-refractivity contribution in [3.8, 4) is 0 Å². The molecule has 156 valence electrons. The van der Waals surface area contributed by atoms with Gasteiger partial charge in [0, 0.05) is 11.1 Å². The Balaban J connectivity index is 0. The number of unbranched alkanes of at least 4 members (excludes halogenated alkanes) is 9. The second-order valence-electron chi connectivity index (χ2n) is 6.77. The predicted octanol–water partition coefficient (Wildman–Crippen LogP) is 6.32. The van der Waals surface area contributed by atoms with E-state index in [0.717, 1.165) is 6.42 Å². The summed E-state index contributed by atoms with van der Waals surface area (Å²) in [6.07, 6.45) is 14.5. The van der Waals surface area contributed by atoms with E-state index in [1.165, 1.54) is 63.9 Å². The van der Waals surface area contributed by atoms with Crippen molar-refractivity contribution in [1.29, 1.82) is 0 Å². The minimum atomic E-state index is -0.366. The summed E-state index contributed by atoms with van der Waals surface area (Å²) in [4.78, 5) is 21.6. The maximum absolute atomic E-state index is 11.1. The Hall–Kier alpha value is -1.84. The van der Waals surface area contributed by atoms with Crippen LogP contribution in [0.25, 0.3) is 0 Å². The first-order valence-corrected chi connectivity index (χ1v) is 10.1. The summed E-state index contributed by atoms with van der Waals surface area (Å²) >= 11 is 0. The van der Waals surface area contributed by atoms with E-state index < -0.39 is 0 Å². The molecule has 0 saturated carbocycles. The molecule has 0 bridgehead atoms. The topological polar surface area (TPSA) is 52.6 Å². The van der Waals surface area contributed by atoms with Crippen molar-refractivity contribution in [2.75, 3.05) is 13.2 Å². The normalized spacial score (nSPS) is 9.59. The summed E-state index contributed by atoms with van der Waals surface area (Å²) in [5.41, 5.74) is 0.902. The molecule has 0 aromatic heterocycles. The third-order valence-corrected chi connectivity index (χ3v) is 3.76. The maximum Gasteiger partial charge on any atom is 0.333 e. The lowest BCUT2D eigenvalue weighted by atomic mass is 10.1. The Morgan fingerprint density at radius 1 is 0.741 bits per heavy atom. The molecule has 0 N–H and O–H groups in total. The first-order chi connectivity index (χ1) is 12.9. The van der Waals surface area contributed by atoms with Crippen LogP contribution in [0.4, 0.5) is 0 Å². The van der Waals surface area contributed by atoms with Crippen LogP contribution in [-0.2, 0) is 19.1 Å². The molecule has 27 heavy (non-hydrogen) atoms. The van der Waals surface area contributed by atoms with Crippen LogP contribution in [0.15, 0.2) is 37.0 Å². The number of ether oxygens (including phenoxy) is 2. The van der Waals surface area contributed by atoms with E-state index in [0.29, 0.717) is 17.8 Å². The van der Waals surface area contributed by atoms with Gasteiger partial charge in [-0.25, -0.2) is 9.59 Å². The van der Waals surface area contributed by atoms with E-state index in [1.807, 2.05) is 0 Å². The third kappa shape index (κ3) is 22.1. The van der Waals surface area contributed by atoms with Gasteiger partial charge in [0.05, 0.1) is 6.61 Å². The Kier molecular flexibility index (Phi) is 20.8. The Labute approximate surface area is 166 Å². The maximum atomic E-state index is 11.1. The molecular formula is C23H40O4. The van der Waals surface area contributed by atoms with Crippen LogP contribution >= 0.6 is 0 Å². The van der Waals surface area contributed by atoms with Gasteiger partial charge in [0.15, 0.2) is 0 Å². The van der Waals surface area contributed by atoms with Crippen LogP contribution in [0, 0.1) is 0 Å². The van der Waals surface area contributed by atoms with Crippen LogP contribution in [-0.4, -0.2) is 25.2 Å². The summed E-state index contributed by atoms with van der Waals surface area (Å²) in [6.45, 7) is 16.7. The van der Waals surface area contributed by atoms with Crippen LogP contribution in [0.1, 0.15) is 85.0 Å². The lowest BCUT2D eigenvalue weighted by Gasteiger charge is -2.04. The molecule has 0 atom stereocenters. The van der Waals surface area contributed by atoms with Gasteiger partial charge in [-0.2, -0.15) is 0 Å². The fraction of sp³-hybridized carbons (Fsp3) is 0.652. The highest BCUT2D eigenvalue weighted by Crippen LogP contribution is 2.10. The van der Waals surface area contributed by atoms with Gasteiger partial charge in [-0.3, -0.25) is 0 Å². The summed E-state index contributed by atoms with van der Waals surface area (Å²) in [7, 11) is 0. The van der Waals surface area contributed by atoms with Gasteiger partial charge in [0.2, 0.25) is 0 Å². The van der Waals surface area contributed by atoms with Crippen molar-refractivity contribution >= 4 is 11.9 Å².